The summed E-state index contributed by atoms with van der Waals surface area (Å²) in [5, 5.41) is 12.0. The van der Waals surface area contributed by atoms with Crippen LogP contribution in [0.5, 0.6) is 0 Å². The molecule has 0 aromatic heterocycles. The molecule has 0 radical (unpaired) electrons. The largest absolute Gasteiger partial charge is 0.462 e. The fourth-order valence-electron chi connectivity index (χ4n) is 1.45. The van der Waals surface area contributed by atoms with Crippen LogP contribution in [0.15, 0.2) is 11.1 Å². The zero-order valence-corrected chi connectivity index (χ0v) is 8.30. The van der Waals surface area contributed by atoms with Gasteiger partial charge in [0, 0.05) is 0 Å². The van der Waals surface area contributed by atoms with E-state index in [0.29, 0.717) is 6.61 Å². The van der Waals surface area contributed by atoms with Gasteiger partial charge in [0.15, 0.2) is 0 Å². The number of hydrogen-bond donors (Lipinski definition) is 1. The zero-order chi connectivity index (χ0) is 10.4. The molecule has 1 aliphatic rings. The quantitative estimate of drug-likeness (QED) is 0.400. The van der Waals surface area contributed by atoms with Crippen molar-refractivity contribution in [3.8, 4) is 6.07 Å². The van der Waals surface area contributed by atoms with Gasteiger partial charge in [-0.1, -0.05) is 0 Å². The number of esters is 1. The smallest absolute Gasteiger partial charge is 0.348 e. The second kappa shape index (κ2) is 5.40. The van der Waals surface area contributed by atoms with Crippen LogP contribution in [0.3, 0.4) is 0 Å². The highest BCUT2D eigenvalue weighted by Crippen LogP contribution is 2.16. The van der Waals surface area contributed by atoms with Crippen LogP contribution in [0, 0.1) is 11.3 Å². The molecule has 0 amide bonds. The highest BCUT2D eigenvalue weighted by Gasteiger charge is 2.17. The number of hydrogen-bond acceptors (Lipinski definition) is 4. The number of carbonyl (C=O) groups excluding carboxylic acids is 1. The van der Waals surface area contributed by atoms with Crippen LogP contribution in [0.2, 0.25) is 0 Å². The Bertz CT molecular complexity index is 281. The van der Waals surface area contributed by atoms with E-state index >= 15 is 0 Å². The van der Waals surface area contributed by atoms with Gasteiger partial charge in [-0.15, -0.1) is 0 Å². The number of nitriles is 1. The van der Waals surface area contributed by atoms with Gasteiger partial charge >= 0.3 is 5.97 Å². The van der Waals surface area contributed by atoms with Crippen molar-refractivity contribution >= 4 is 5.97 Å². The molecular weight excluding hydrogens is 180 g/mol. The summed E-state index contributed by atoms with van der Waals surface area (Å²) >= 11 is 0. The maximum atomic E-state index is 11.4. The summed E-state index contributed by atoms with van der Waals surface area (Å²) in [7, 11) is 0. The van der Waals surface area contributed by atoms with Gasteiger partial charge in [-0.25, -0.2) is 4.79 Å². The van der Waals surface area contributed by atoms with Gasteiger partial charge in [0.05, 0.1) is 6.61 Å². The molecular formula is C10H14N2O2. The van der Waals surface area contributed by atoms with Crippen molar-refractivity contribution in [2.75, 3.05) is 19.7 Å². The lowest BCUT2D eigenvalue weighted by Gasteiger charge is -2.16. The molecule has 76 valence electrons. The molecule has 1 rings (SSSR count). The molecule has 4 nitrogen and oxygen atoms in total. The molecule has 1 fully saturated rings. The highest BCUT2D eigenvalue weighted by atomic mass is 16.5. The summed E-state index contributed by atoms with van der Waals surface area (Å²) in [6.07, 6.45) is 1.53. The summed E-state index contributed by atoms with van der Waals surface area (Å²) in [6, 6.07) is 1.93. The molecule has 14 heavy (non-hydrogen) atoms. The minimum absolute atomic E-state index is 0.202. The summed E-state index contributed by atoms with van der Waals surface area (Å²) in [4.78, 5) is 11.4. The van der Waals surface area contributed by atoms with Crippen molar-refractivity contribution in [1.82, 2.24) is 5.32 Å². The van der Waals surface area contributed by atoms with Crippen molar-refractivity contribution in [2.45, 2.75) is 19.8 Å². The zero-order valence-electron chi connectivity index (χ0n) is 8.30. The van der Waals surface area contributed by atoms with Gasteiger partial charge < -0.3 is 10.1 Å². The molecule has 0 bridgehead atoms. The monoisotopic (exact) mass is 194 g/mol. The van der Waals surface area contributed by atoms with Crippen molar-refractivity contribution in [3.63, 3.8) is 0 Å². The van der Waals surface area contributed by atoms with Crippen molar-refractivity contribution in [1.29, 1.82) is 5.26 Å². The van der Waals surface area contributed by atoms with Crippen LogP contribution in [0.25, 0.3) is 0 Å². The topological polar surface area (TPSA) is 62.1 Å². The van der Waals surface area contributed by atoms with E-state index in [9.17, 15) is 4.79 Å². The molecule has 0 aromatic rings. The number of nitrogens with one attached hydrogen (secondary N) is 1. The number of carbonyl (C=O) groups is 1. The Morgan fingerprint density at radius 2 is 2.21 bits per heavy atom. The van der Waals surface area contributed by atoms with Gasteiger partial charge in [-0.05, 0) is 38.4 Å². The predicted molar refractivity (Wildman–Crippen MR) is 51.4 cm³/mol. The Kier molecular flexibility index (Phi) is 4.14. The molecule has 1 N–H and O–H groups in total. The predicted octanol–water partition coefficient (Wildman–Crippen LogP) is 0.753. The molecule has 4 heteroatoms. The first kappa shape index (κ1) is 10.7. The second-order valence-electron chi connectivity index (χ2n) is 3.06. The maximum absolute atomic E-state index is 11.4. The van der Waals surface area contributed by atoms with Gasteiger partial charge in [-0.2, -0.15) is 5.26 Å². The highest BCUT2D eigenvalue weighted by molar-refractivity contribution is 5.93. The van der Waals surface area contributed by atoms with E-state index in [0.717, 1.165) is 31.5 Å². The molecule has 1 saturated heterocycles. The number of nitrogens with zero attached hydrogens (tertiary/aromatic N) is 1. The standard InChI is InChI=1S/C10H14N2O2/c1-2-14-10(13)9(7-11)8-3-5-12-6-4-8/h12H,2-6H2,1H3. The fourth-order valence-corrected chi connectivity index (χ4v) is 1.45. The maximum Gasteiger partial charge on any atom is 0.348 e. The summed E-state index contributed by atoms with van der Waals surface area (Å²) in [5.74, 6) is -0.480. The number of ether oxygens (including phenoxy) is 1. The molecule has 0 atom stereocenters. The van der Waals surface area contributed by atoms with Crippen molar-refractivity contribution in [3.05, 3.63) is 11.1 Å². The van der Waals surface area contributed by atoms with E-state index in [2.05, 4.69) is 5.32 Å². The van der Waals surface area contributed by atoms with Gasteiger partial charge in [0.1, 0.15) is 11.6 Å². The summed E-state index contributed by atoms with van der Waals surface area (Å²) < 4.78 is 4.81. The molecule has 0 saturated carbocycles. The van der Waals surface area contributed by atoms with E-state index in [4.69, 9.17) is 10.00 Å². The Balaban J connectivity index is 2.77. The molecule has 1 aliphatic heterocycles. The van der Waals surface area contributed by atoms with Crippen molar-refractivity contribution < 1.29 is 9.53 Å². The van der Waals surface area contributed by atoms with E-state index in [1.807, 2.05) is 6.07 Å². The van der Waals surface area contributed by atoms with E-state index in [1.165, 1.54) is 0 Å². The lowest BCUT2D eigenvalue weighted by molar-refractivity contribution is -0.138. The van der Waals surface area contributed by atoms with Crippen molar-refractivity contribution in [2.24, 2.45) is 0 Å². The summed E-state index contributed by atoms with van der Waals surface area (Å²) in [5.41, 5.74) is 1.12. The van der Waals surface area contributed by atoms with Crippen LogP contribution < -0.4 is 5.32 Å². The lowest BCUT2D eigenvalue weighted by atomic mass is 10.00. The Morgan fingerprint density at radius 3 is 2.71 bits per heavy atom. The van der Waals surface area contributed by atoms with Crippen LogP contribution in [0.1, 0.15) is 19.8 Å². The molecule has 0 aromatic carbocycles. The van der Waals surface area contributed by atoms with E-state index < -0.39 is 5.97 Å². The van der Waals surface area contributed by atoms with E-state index in [1.54, 1.807) is 6.92 Å². The molecule has 0 spiro atoms. The third-order valence-electron chi connectivity index (χ3n) is 2.15. The van der Waals surface area contributed by atoms with Crippen LogP contribution >= 0.6 is 0 Å². The first-order chi connectivity index (χ1) is 6.79. The van der Waals surface area contributed by atoms with Gasteiger partial charge in [0.2, 0.25) is 0 Å². The van der Waals surface area contributed by atoms with Crippen LogP contribution in [-0.2, 0) is 9.53 Å². The Hall–Kier alpha value is -1.34. The third-order valence-corrected chi connectivity index (χ3v) is 2.15. The van der Waals surface area contributed by atoms with Gasteiger partial charge in [-0.3, -0.25) is 0 Å². The Morgan fingerprint density at radius 1 is 1.57 bits per heavy atom. The molecule has 0 unspecified atom stereocenters. The Labute approximate surface area is 83.5 Å². The van der Waals surface area contributed by atoms with E-state index in [-0.39, 0.29) is 5.57 Å². The average Bonchev–Trinajstić information content (AvgIpc) is 2.21. The van der Waals surface area contributed by atoms with Gasteiger partial charge in [0.25, 0.3) is 0 Å². The first-order valence-corrected chi connectivity index (χ1v) is 4.79. The average molecular weight is 194 g/mol. The fraction of sp³-hybridized carbons (Fsp3) is 0.600. The summed E-state index contributed by atoms with van der Waals surface area (Å²) in [6.45, 7) is 3.72. The molecule has 0 aliphatic carbocycles. The second-order valence-corrected chi connectivity index (χ2v) is 3.06. The third kappa shape index (κ3) is 2.57. The minimum Gasteiger partial charge on any atom is -0.462 e. The first-order valence-electron chi connectivity index (χ1n) is 4.79. The number of rotatable bonds is 2. The normalized spacial score (nSPS) is 15.9. The SMILES string of the molecule is CCOC(=O)C(C#N)=C1CCNCC1. The minimum atomic E-state index is -0.480. The lowest BCUT2D eigenvalue weighted by Crippen LogP contribution is -2.25. The number of piperidine rings is 1. The van der Waals surface area contributed by atoms with Crippen LogP contribution in [-0.4, -0.2) is 25.7 Å². The van der Waals surface area contributed by atoms with Crippen LogP contribution in [0.4, 0.5) is 0 Å². The molecule has 1 heterocycles.